The Labute approximate surface area is 215 Å². The maximum atomic E-state index is 4.60. The van der Waals surface area contributed by atoms with E-state index in [1.807, 2.05) is 77.4 Å². The standard InChI is InChI=1S/C26H18N12/c1-5-21(35-16-27-13-30-35)6-2-19(1)25-33-34-26(20-3-7-22(8-4-20)36-17-28-14-31-36)38(25)24-11-9-23(10-12-24)37-18-29-15-32-37/h1-18H. The molecule has 38 heavy (non-hydrogen) atoms. The summed E-state index contributed by atoms with van der Waals surface area (Å²) in [7, 11) is 0. The van der Waals surface area contributed by atoms with Crippen LogP contribution >= 0.6 is 0 Å². The van der Waals surface area contributed by atoms with Crippen molar-refractivity contribution < 1.29 is 0 Å². The van der Waals surface area contributed by atoms with Crippen LogP contribution in [0.1, 0.15) is 0 Å². The number of rotatable bonds is 6. The molecule has 7 aromatic rings. The highest BCUT2D eigenvalue weighted by molar-refractivity contribution is 5.68. The van der Waals surface area contributed by atoms with Crippen molar-refractivity contribution in [1.82, 2.24) is 59.1 Å². The van der Waals surface area contributed by atoms with E-state index in [0.717, 1.165) is 33.9 Å². The first-order valence-corrected chi connectivity index (χ1v) is 11.7. The van der Waals surface area contributed by atoms with Crippen molar-refractivity contribution in [2.24, 2.45) is 0 Å². The van der Waals surface area contributed by atoms with Crippen LogP contribution in [0.15, 0.2) is 111 Å². The molecule has 0 fully saturated rings. The molecule has 7 rings (SSSR count). The van der Waals surface area contributed by atoms with Gasteiger partial charge in [0.2, 0.25) is 0 Å². The van der Waals surface area contributed by atoms with Crippen molar-refractivity contribution >= 4 is 0 Å². The molecule has 0 aliphatic rings. The first kappa shape index (κ1) is 21.5. The highest BCUT2D eigenvalue weighted by atomic mass is 15.3. The van der Waals surface area contributed by atoms with Crippen LogP contribution in [0.25, 0.3) is 45.5 Å². The number of benzene rings is 3. The maximum Gasteiger partial charge on any atom is 0.168 e. The summed E-state index contributed by atoms with van der Waals surface area (Å²) < 4.78 is 7.17. The predicted molar refractivity (Wildman–Crippen MR) is 137 cm³/mol. The fraction of sp³-hybridized carbons (Fsp3) is 0. The van der Waals surface area contributed by atoms with Crippen molar-refractivity contribution in [3.63, 3.8) is 0 Å². The molecule has 0 aliphatic carbocycles. The summed E-state index contributed by atoms with van der Waals surface area (Å²) in [5, 5.41) is 21.8. The van der Waals surface area contributed by atoms with Crippen LogP contribution in [0.4, 0.5) is 0 Å². The molecule has 0 saturated heterocycles. The molecule has 0 atom stereocenters. The quantitative estimate of drug-likeness (QED) is 0.342. The lowest BCUT2D eigenvalue weighted by molar-refractivity contribution is 0.877. The van der Waals surface area contributed by atoms with Crippen LogP contribution in [-0.2, 0) is 0 Å². The van der Waals surface area contributed by atoms with Gasteiger partial charge >= 0.3 is 0 Å². The van der Waals surface area contributed by atoms with Gasteiger partial charge < -0.3 is 0 Å². The first-order chi connectivity index (χ1) is 18.8. The highest BCUT2D eigenvalue weighted by Crippen LogP contribution is 2.30. The number of hydrogen-bond donors (Lipinski definition) is 0. The average Bonchev–Trinajstić information content (AvgIpc) is 3.80. The van der Waals surface area contributed by atoms with E-state index >= 15 is 0 Å². The van der Waals surface area contributed by atoms with E-state index in [2.05, 4.69) is 40.4 Å². The fourth-order valence-corrected chi connectivity index (χ4v) is 4.21. The molecule has 12 nitrogen and oxygen atoms in total. The van der Waals surface area contributed by atoms with Crippen LogP contribution in [0.3, 0.4) is 0 Å². The Morgan fingerprint density at radius 3 is 1.08 bits per heavy atom. The third kappa shape index (κ3) is 3.82. The lowest BCUT2D eigenvalue weighted by atomic mass is 10.1. The van der Waals surface area contributed by atoms with Gasteiger partial charge in [-0.1, -0.05) is 0 Å². The Morgan fingerprint density at radius 2 is 0.737 bits per heavy atom. The molecule has 0 unspecified atom stereocenters. The third-order valence-corrected chi connectivity index (χ3v) is 6.07. The smallest absolute Gasteiger partial charge is 0.168 e. The van der Waals surface area contributed by atoms with Gasteiger partial charge in [-0.15, -0.1) is 10.2 Å². The summed E-state index contributed by atoms with van der Waals surface area (Å²) in [6, 6.07) is 23.9. The second-order valence-electron chi connectivity index (χ2n) is 8.31. The summed E-state index contributed by atoms with van der Waals surface area (Å²) in [6.45, 7) is 0. The molecule has 4 heterocycles. The van der Waals surface area contributed by atoms with Gasteiger partial charge in [-0.2, -0.15) is 15.3 Å². The van der Waals surface area contributed by atoms with Crippen molar-refractivity contribution in [2.75, 3.05) is 0 Å². The summed E-state index contributed by atoms with van der Waals surface area (Å²) in [5.74, 6) is 1.41. The number of nitrogens with zero attached hydrogens (tertiary/aromatic N) is 12. The predicted octanol–water partition coefficient (Wildman–Crippen LogP) is 3.34. The molecule has 4 aromatic heterocycles. The lowest BCUT2D eigenvalue weighted by Gasteiger charge is -2.12. The molecule has 0 radical (unpaired) electrons. The van der Waals surface area contributed by atoms with Crippen molar-refractivity contribution in [1.29, 1.82) is 0 Å². The third-order valence-electron chi connectivity index (χ3n) is 6.07. The van der Waals surface area contributed by atoms with E-state index in [0.29, 0.717) is 11.6 Å². The Kier molecular flexibility index (Phi) is 5.10. The molecule has 0 N–H and O–H groups in total. The van der Waals surface area contributed by atoms with E-state index in [4.69, 9.17) is 0 Å². The lowest BCUT2D eigenvalue weighted by Crippen LogP contribution is -2.02. The zero-order valence-corrected chi connectivity index (χ0v) is 19.8. The van der Waals surface area contributed by atoms with Gasteiger partial charge in [0.25, 0.3) is 0 Å². The molecular weight excluding hydrogens is 480 g/mol. The molecule has 0 spiro atoms. The minimum atomic E-state index is 0.707. The van der Waals surface area contributed by atoms with Crippen molar-refractivity contribution in [2.45, 2.75) is 0 Å². The van der Waals surface area contributed by atoms with E-state index in [9.17, 15) is 0 Å². The van der Waals surface area contributed by atoms with E-state index < -0.39 is 0 Å². The topological polar surface area (TPSA) is 123 Å². The molecule has 0 bridgehead atoms. The Hall–Kier alpha value is -5.78. The van der Waals surface area contributed by atoms with Crippen molar-refractivity contribution in [3.05, 3.63) is 111 Å². The Balaban J connectivity index is 1.32. The molecule has 0 saturated carbocycles. The van der Waals surface area contributed by atoms with Gasteiger partial charge in [-0.25, -0.2) is 29.0 Å². The summed E-state index contributed by atoms with van der Waals surface area (Å²) in [5.41, 5.74) is 5.43. The molecule has 0 amide bonds. The maximum absolute atomic E-state index is 4.60. The Morgan fingerprint density at radius 1 is 0.395 bits per heavy atom. The molecule has 182 valence electrons. The van der Waals surface area contributed by atoms with Gasteiger partial charge in [0.05, 0.1) is 17.1 Å². The van der Waals surface area contributed by atoms with Crippen LogP contribution in [0.5, 0.6) is 0 Å². The summed E-state index contributed by atoms with van der Waals surface area (Å²) >= 11 is 0. The van der Waals surface area contributed by atoms with Gasteiger partial charge in [-0.3, -0.25) is 4.57 Å². The van der Waals surface area contributed by atoms with Gasteiger partial charge in [0.15, 0.2) is 11.6 Å². The Bertz CT molecular complexity index is 1670. The summed E-state index contributed by atoms with van der Waals surface area (Å²) in [6.07, 6.45) is 9.51. The normalized spacial score (nSPS) is 11.2. The SMILES string of the molecule is c1ncn(-c2ccc(-c3nnc(-c4ccc(-n5cncn5)cc4)n3-c3ccc(-n4cncn4)cc3)cc2)n1. The largest absolute Gasteiger partial charge is 0.275 e. The minimum absolute atomic E-state index is 0.707. The van der Waals surface area contributed by atoms with Gasteiger partial charge in [-0.05, 0) is 72.8 Å². The van der Waals surface area contributed by atoms with E-state index in [1.165, 1.54) is 19.0 Å². The zero-order valence-electron chi connectivity index (χ0n) is 19.8. The second kappa shape index (κ2) is 9.02. The number of aromatic nitrogens is 12. The van der Waals surface area contributed by atoms with Crippen LogP contribution < -0.4 is 0 Å². The molecule has 3 aromatic carbocycles. The number of hydrogen-bond acceptors (Lipinski definition) is 8. The zero-order chi connectivity index (χ0) is 25.3. The van der Waals surface area contributed by atoms with E-state index in [1.54, 1.807) is 33.0 Å². The van der Waals surface area contributed by atoms with Crippen LogP contribution in [-0.4, -0.2) is 59.1 Å². The molecule has 12 heteroatoms. The minimum Gasteiger partial charge on any atom is -0.275 e. The van der Waals surface area contributed by atoms with Crippen LogP contribution in [0.2, 0.25) is 0 Å². The molecule has 0 aliphatic heterocycles. The first-order valence-electron chi connectivity index (χ1n) is 11.7. The average molecular weight is 499 g/mol. The monoisotopic (exact) mass is 498 g/mol. The van der Waals surface area contributed by atoms with Crippen LogP contribution in [0, 0.1) is 0 Å². The van der Waals surface area contributed by atoms with Gasteiger partial charge in [0, 0.05) is 16.8 Å². The van der Waals surface area contributed by atoms with E-state index in [-0.39, 0.29) is 0 Å². The summed E-state index contributed by atoms with van der Waals surface area (Å²) in [4.78, 5) is 12.1. The second-order valence-corrected chi connectivity index (χ2v) is 8.31. The highest BCUT2D eigenvalue weighted by Gasteiger charge is 2.18. The fourth-order valence-electron chi connectivity index (χ4n) is 4.21. The van der Waals surface area contributed by atoms with Gasteiger partial charge in [0.1, 0.15) is 38.0 Å². The molecular formula is C26H18N12. The van der Waals surface area contributed by atoms with Crippen molar-refractivity contribution in [3.8, 4) is 45.5 Å².